The minimum Gasteiger partial charge on any atom is -0.357 e. The number of hydrogen-bond acceptors (Lipinski definition) is 5. The minimum atomic E-state index is 0.586. The largest absolute Gasteiger partial charge is 0.357 e. The Bertz CT molecular complexity index is 846. The van der Waals surface area contributed by atoms with E-state index in [0.717, 1.165) is 37.1 Å². The smallest absolute Gasteiger partial charge is 0.228 e. The summed E-state index contributed by atoms with van der Waals surface area (Å²) in [6.07, 6.45) is 5.98. The molecule has 0 aliphatic carbocycles. The molecule has 0 radical (unpaired) electrons. The molecule has 168 valence electrons. The van der Waals surface area contributed by atoms with Crippen LogP contribution in [0.25, 0.3) is 11.4 Å². The van der Waals surface area contributed by atoms with Gasteiger partial charge in [0.05, 0.1) is 6.54 Å². The first-order valence-electron chi connectivity index (χ1n) is 11.6. The monoisotopic (exact) mass is 444 g/mol. The van der Waals surface area contributed by atoms with Gasteiger partial charge in [0, 0.05) is 43.2 Å². The Kier molecular flexibility index (Phi) is 7.81. The highest BCUT2D eigenvalue weighted by Crippen LogP contribution is 2.21. The highest BCUT2D eigenvalue weighted by molar-refractivity contribution is 6.30. The normalized spacial score (nSPS) is 20.4. The Balaban J connectivity index is 1.29. The molecule has 0 amide bonds. The Labute approximate surface area is 189 Å². The molecule has 0 spiro atoms. The first kappa shape index (κ1) is 22.1. The van der Waals surface area contributed by atoms with Crippen molar-refractivity contribution in [2.75, 3.05) is 45.8 Å². The second-order valence-electron chi connectivity index (χ2n) is 8.47. The van der Waals surface area contributed by atoms with Gasteiger partial charge >= 0.3 is 0 Å². The maximum atomic E-state index is 5.95. The molecule has 1 aromatic heterocycles. The van der Waals surface area contributed by atoms with E-state index in [9.17, 15) is 0 Å². The van der Waals surface area contributed by atoms with Crippen LogP contribution >= 0.6 is 11.6 Å². The standard InChI is InChI=1S/C23H33ClN6O/c1-2-25-23(30-15-11-18(17-30)16-29-13-4-3-5-14-29)26-12-10-21-27-22(28-31-21)19-6-8-20(24)9-7-19/h6-9,18H,2-5,10-17H2,1H3,(H,25,26). The lowest BCUT2D eigenvalue weighted by molar-refractivity contribution is 0.198. The van der Waals surface area contributed by atoms with Crippen LogP contribution in [-0.4, -0.2) is 71.7 Å². The van der Waals surface area contributed by atoms with Crippen molar-refractivity contribution in [2.45, 2.75) is 39.0 Å². The number of rotatable bonds is 7. The highest BCUT2D eigenvalue weighted by Gasteiger charge is 2.27. The number of likely N-dealkylation sites (tertiary alicyclic amines) is 2. The van der Waals surface area contributed by atoms with E-state index in [4.69, 9.17) is 21.1 Å². The molecule has 31 heavy (non-hydrogen) atoms. The van der Waals surface area contributed by atoms with E-state index in [1.165, 1.54) is 45.3 Å². The van der Waals surface area contributed by atoms with E-state index >= 15 is 0 Å². The molecule has 0 saturated carbocycles. The number of piperidine rings is 1. The third-order valence-corrected chi connectivity index (χ3v) is 6.30. The van der Waals surface area contributed by atoms with Crippen LogP contribution in [0.15, 0.2) is 33.8 Å². The fourth-order valence-electron chi connectivity index (χ4n) is 4.44. The summed E-state index contributed by atoms with van der Waals surface area (Å²) in [5.74, 6) is 2.93. The van der Waals surface area contributed by atoms with Crippen molar-refractivity contribution in [3.8, 4) is 11.4 Å². The third-order valence-electron chi connectivity index (χ3n) is 6.04. The molecule has 1 N–H and O–H groups in total. The molecule has 1 unspecified atom stereocenters. The van der Waals surface area contributed by atoms with Crippen molar-refractivity contribution in [3.63, 3.8) is 0 Å². The molecule has 2 aliphatic rings. The second-order valence-corrected chi connectivity index (χ2v) is 8.90. The van der Waals surface area contributed by atoms with E-state index in [2.05, 4.69) is 32.2 Å². The van der Waals surface area contributed by atoms with Crippen LogP contribution in [0.5, 0.6) is 0 Å². The number of guanidine groups is 1. The SMILES string of the molecule is CCNC(=NCCc1nc(-c2ccc(Cl)cc2)no1)N1CCC(CN2CCCCC2)C1. The lowest BCUT2D eigenvalue weighted by Crippen LogP contribution is -2.41. The van der Waals surface area contributed by atoms with Crippen molar-refractivity contribution in [1.29, 1.82) is 0 Å². The summed E-state index contributed by atoms with van der Waals surface area (Å²) in [4.78, 5) is 14.4. The molecule has 2 fully saturated rings. The van der Waals surface area contributed by atoms with Crippen molar-refractivity contribution in [3.05, 3.63) is 35.2 Å². The summed E-state index contributed by atoms with van der Waals surface area (Å²) in [6, 6.07) is 7.45. The number of nitrogens with one attached hydrogen (secondary N) is 1. The fourth-order valence-corrected chi connectivity index (χ4v) is 4.56. The number of aromatic nitrogens is 2. The Morgan fingerprint density at radius 2 is 2.00 bits per heavy atom. The van der Waals surface area contributed by atoms with Gasteiger partial charge < -0.3 is 19.6 Å². The van der Waals surface area contributed by atoms with Crippen LogP contribution in [0.1, 0.15) is 38.5 Å². The van der Waals surface area contributed by atoms with Crippen LogP contribution < -0.4 is 5.32 Å². The Morgan fingerprint density at radius 3 is 2.77 bits per heavy atom. The zero-order valence-electron chi connectivity index (χ0n) is 18.4. The average Bonchev–Trinajstić information content (AvgIpc) is 3.44. The number of benzene rings is 1. The average molecular weight is 445 g/mol. The first-order chi connectivity index (χ1) is 15.2. The van der Waals surface area contributed by atoms with Gasteiger partial charge in [-0.2, -0.15) is 4.98 Å². The molecular formula is C23H33ClN6O. The van der Waals surface area contributed by atoms with Gasteiger partial charge in [0.1, 0.15) is 0 Å². The van der Waals surface area contributed by atoms with Crippen LogP contribution in [0.4, 0.5) is 0 Å². The highest BCUT2D eigenvalue weighted by atomic mass is 35.5. The van der Waals surface area contributed by atoms with Crippen molar-refractivity contribution in [2.24, 2.45) is 10.9 Å². The summed E-state index contributed by atoms with van der Waals surface area (Å²) in [7, 11) is 0. The number of aliphatic imine (C=N–C) groups is 1. The number of hydrogen-bond donors (Lipinski definition) is 1. The molecule has 2 saturated heterocycles. The lowest BCUT2D eigenvalue weighted by atomic mass is 10.1. The minimum absolute atomic E-state index is 0.586. The summed E-state index contributed by atoms with van der Waals surface area (Å²) in [5, 5.41) is 8.23. The van der Waals surface area contributed by atoms with E-state index in [1.54, 1.807) is 0 Å². The zero-order valence-corrected chi connectivity index (χ0v) is 19.2. The number of halogens is 1. The number of nitrogens with zero attached hydrogens (tertiary/aromatic N) is 5. The van der Waals surface area contributed by atoms with Crippen LogP contribution in [0.2, 0.25) is 5.02 Å². The Hall–Kier alpha value is -2.12. The molecule has 3 heterocycles. The summed E-state index contributed by atoms with van der Waals surface area (Å²) < 4.78 is 5.42. The van der Waals surface area contributed by atoms with Crippen molar-refractivity contribution >= 4 is 17.6 Å². The van der Waals surface area contributed by atoms with Gasteiger partial charge in [0.15, 0.2) is 5.96 Å². The van der Waals surface area contributed by atoms with Gasteiger partial charge in [0.2, 0.25) is 11.7 Å². The first-order valence-corrected chi connectivity index (χ1v) is 11.9. The summed E-state index contributed by atoms with van der Waals surface area (Å²) in [6.45, 7) is 9.54. The lowest BCUT2D eigenvalue weighted by Gasteiger charge is -2.29. The molecule has 2 aromatic rings. The zero-order chi connectivity index (χ0) is 21.5. The second kappa shape index (κ2) is 11.0. The molecule has 4 rings (SSSR count). The predicted molar refractivity (Wildman–Crippen MR) is 124 cm³/mol. The maximum Gasteiger partial charge on any atom is 0.228 e. The maximum absolute atomic E-state index is 5.95. The molecule has 0 bridgehead atoms. The van der Waals surface area contributed by atoms with Crippen molar-refractivity contribution in [1.82, 2.24) is 25.3 Å². The van der Waals surface area contributed by atoms with Crippen LogP contribution in [-0.2, 0) is 6.42 Å². The van der Waals surface area contributed by atoms with E-state index < -0.39 is 0 Å². The molecule has 1 aromatic carbocycles. The topological polar surface area (TPSA) is 69.8 Å². The quantitative estimate of drug-likeness (QED) is 0.518. The van der Waals surface area contributed by atoms with E-state index in [1.807, 2.05) is 24.3 Å². The van der Waals surface area contributed by atoms with Gasteiger partial charge in [0.25, 0.3) is 0 Å². The van der Waals surface area contributed by atoms with Crippen LogP contribution in [0.3, 0.4) is 0 Å². The molecule has 1 atom stereocenters. The van der Waals surface area contributed by atoms with E-state index in [0.29, 0.717) is 29.7 Å². The predicted octanol–water partition coefficient (Wildman–Crippen LogP) is 3.71. The van der Waals surface area contributed by atoms with Gasteiger partial charge in [-0.1, -0.05) is 23.2 Å². The van der Waals surface area contributed by atoms with Crippen molar-refractivity contribution < 1.29 is 4.52 Å². The molecule has 7 nitrogen and oxygen atoms in total. The Morgan fingerprint density at radius 1 is 1.19 bits per heavy atom. The molecule has 8 heteroatoms. The van der Waals surface area contributed by atoms with E-state index in [-0.39, 0.29) is 0 Å². The van der Waals surface area contributed by atoms with Gasteiger partial charge in [-0.05, 0) is 69.5 Å². The fraction of sp³-hybridized carbons (Fsp3) is 0.609. The van der Waals surface area contributed by atoms with Gasteiger partial charge in [-0.15, -0.1) is 0 Å². The third kappa shape index (κ3) is 6.20. The summed E-state index contributed by atoms with van der Waals surface area (Å²) >= 11 is 5.95. The molecular weight excluding hydrogens is 412 g/mol. The molecule has 2 aliphatic heterocycles. The van der Waals surface area contributed by atoms with Gasteiger partial charge in [-0.25, -0.2) is 0 Å². The van der Waals surface area contributed by atoms with Gasteiger partial charge in [-0.3, -0.25) is 4.99 Å². The summed E-state index contributed by atoms with van der Waals surface area (Å²) in [5.41, 5.74) is 0.896. The van der Waals surface area contributed by atoms with Crippen LogP contribution in [0, 0.1) is 5.92 Å².